The van der Waals surface area contributed by atoms with Crippen LogP contribution in [0.2, 0.25) is 0 Å². The van der Waals surface area contributed by atoms with E-state index in [1.807, 2.05) is 0 Å². The first-order valence-corrected chi connectivity index (χ1v) is 7.18. The van der Waals surface area contributed by atoms with Crippen LogP contribution < -0.4 is 5.32 Å². The first-order valence-electron chi connectivity index (χ1n) is 7.18. The normalized spacial score (nSPS) is 27.0. The molecule has 1 atom stereocenters. The van der Waals surface area contributed by atoms with Gasteiger partial charge in [-0.05, 0) is 25.0 Å². The molecule has 0 unspecified atom stereocenters. The summed E-state index contributed by atoms with van der Waals surface area (Å²) in [6.45, 7) is 1.53. The van der Waals surface area contributed by atoms with Crippen LogP contribution in [0.25, 0.3) is 0 Å². The third-order valence-corrected chi connectivity index (χ3v) is 4.29. The Labute approximate surface area is 126 Å². The molecular weight excluding hydrogens is 292 g/mol. The maximum Gasteiger partial charge on any atom is 0.266 e. The Morgan fingerprint density at radius 1 is 1.36 bits per heavy atom. The van der Waals surface area contributed by atoms with Crippen LogP contribution in [-0.4, -0.2) is 47.3 Å². The molecule has 0 bridgehead atoms. The molecule has 1 N–H and O–H groups in total. The lowest BCUT2D eigenvalue weighted by Gasteiger charge is -2.42. The third-order valence-electron chi connectivity index (χ3n) is 4.29. The van der Waals surface area contributed by atoms with Gasteiger partial charge in [-0.2, -0.15) is 0 Å². The van der Waals surface area contributed by atoms with Gasteiger partial charge in [-0.1, -0.05) is 0 Å². The Kier molecular flexibility index (Phi) is 3.38. The van der Waals surface area contributed by atoms with Crippen LogP contribution in [0.1, 0.15) is 28.8 Å². The Morgan fingerprint density at radius 3 is 2.77 bits per heavy atom. The molecule has 1 aromatic rings. The SMILES string of the molecule is Cc1cncc(C(=O)N2CC(F)(F)C[C@@]3(CCNC3=O)C2)c1. The lowest BCUT2D eigenvalue weighted by atomic mass is 9.77. The van der Waals surface area contributed by atoms with E-state index < -0.39 is 30.2 Å². The van der Waals surface area contributed by atoms with Gasteiger partial charge in [0.05, 0.1) is 17.5 Å². The Morgan fingerprint density at radius 2 is 2.14 bits per heavy atom. The summed E-state index contributed by atoms with van der Waals surface area (Å²) in [7, 11) is 0. The van der Waals surface area contributed by atoms with Crippen LogP contribution in [-0.2, 0) is 4.79 Å². The number of aromatic nitrogens is 1. The quantitative estimate of drug-likeness (QED) is 0.852. The van der Waals surface area contributed by atoms with E-state index in [4.69, 9.17) is 0 Å². The van der Waals surface area contributed by atoms with Crippen molar-refractivity contribution in [2.45, 2.75) is 25.7 Å². The molecule has 2 aliphatic rings. The number of hydrogen-bond acceptors (Lipinski definition) is 3. The van der Waals surface area contributed by atoms with Crippen molar-refractivity contribution in [3.63, 3.8) is 0 Å². The molecule has 0 radical (unpaired) electrons. The van der Waals surface area contributed by atoms with E-state index in [1.165, 1.54) is 6.20 Å². The lowest BCUT2D eigenvalue weighted by Crippen LogP contribution is -2.56. The highest BCUT2D eigenvalue weighted by molar-refractivity contribution is 5.95. The fourth-order valence-electron chi connectivity index (χ4n) is 3.34. The summed E-state index contributed by atoms with van der Waals surface area (Å²) in [5.74, 6) is -3.95. The number of halogens is 2. The molecule has 0 aliphatic carbocycles. The van der Waals surface area contributed by atoms with Gasteiger partial charge in [-0.25, -0.2) is 8.78 Å². The number of nitrogens with zero attached hydrogens (tertiary/aromatic N) is 2. The molecule has 0 aromatic carbocycles. The minimum Gasteiger partial charge on any atom is -0.356 e. The predicted octanol–water partition coefficient (Wildman–Crippen LogP) is 1.38. The Bertz CT molecular complexity index is 635. The second kappa shape index (κ2) is 5.00. The van der Waals surface area contributed by atoms with Crippen LogP contribution in [0.15, 0.2) is 18.5 Å². The molecule has 3 rings (SSSR count). The topological polar surface area (TPSA) is 62.3 Å². The summed E-state index contributed by atoms with van der Waals surface area (Å²) < 4.78 is 28.2. The number of carbonyl (C=O) groups is 2. The molecule has 1 spiro atoms. The zero-order valence-electron chi connectivity index (χ0n) is 12.2. The van der Waals surface area contributed by atoms with Gasteiger partial charge in [0.15, 0.2) is 0 Å². The van der Waals surface area contributed by atoms with Crippen molar-refractivity contribution in [3.05, 3.63) is 29.6 Å². The number of pyridine rings is 1. The molecule has 3 heterocycles. The third kappa shape index (κ3) is 2.55. The van der Waals surface area contributed by atoms with Crippen LogP contribution >= 0.6 is 0 Å². The van der Waals surface area contributed by atoms with Crippen LogP contribution in [0, 0.1) is 12.3 Å². The largest absolute Gasteiger partial charge is 0.356 e. The minimum absolute atomic E-state index is 0.0290. The predicted molar refractivity (Wildman–Crippen MR) is 74.5 cm³/mol. The standard InChI is InChI=1S/C15H17F2N3O2/c1-10-4-11(6-18-5-10)12(21)20-8-14(2-3-19-13(14)22)7-15(16,17)9-20/h4-6H,2-3,7-9H2,1H3,(H,19,22)/t14-/m0/s1. The fourth-order valence-corrected chi connectivity index (χ4v) is 3.34. The maximum absolute atomic E-state index is 14.1. The van der Waals surface area contributed by atoms with E-state index >= 15 is 0 Å². The van der Waals surface area contributed by atoms with Crippen LogP contribution in [0.5, 0.6) is 0 Å². The van der Waals surface area contributed by atoms with Crippen molar-refractivity contribution in [1.29, 1.82) is 0 Å². The average molecular weight is 309 g/mol. The van der Waals surface area contributed by atoms with E-state index in [2.05, 4.69) is 10.3 Å². The van der Waals surface area contributed by atoms with Crippen molar-refractivity contribution in [1.82, 2.24) is 15.2 Å². The number of carbonyl (C=O) groups excluding carboxylic acids is 2. The number of piperidine rings is 1. The smallest absolute Gasteiger partial charge is 0.266 e. The molecular formula is C15H17F2N3O2. The van der Waals surface area contributed by atoms with Crippen LogP contribution in [0.3, 0.4) is 0 Å². The lowest BCUT2D eigenvalue weighted by molar-refractivity contribution is -0.144. The summed E-state index contributed by atoms with van der Waals surface area (Å²) in [4.78, 5) is 29.5. The maximum atomic E-state index is 14.1. The molecule has 118 valence electrons. The van der Waals surface area contributed by atoms with Crippen molar-refractivity contribution in [2.75, 3.05) is 19.6 Å². The summed E-state index contributed by atoms with van der Waals surface area (Å²) in [5.41, 5.74) is -0.122. The van der Waals surface area contributed by atoms with Gasteiger partial charge in [0, 0.05) is 31.9 Å². The molecule has 22 heavy (non-hydrogen) atoms. The van der Waals surface area contributed by atoms with Gasteiger partial charge >= 0.3 is 0 Å². The number of likely N-dealkylation sites (tertiary alicyclic amines) is 1. The summed E-state index contributed by atoms with van der Waals surface area (Å²) >= 11 is 0. The fraction of sp³-hybridized carbons (Fsp3) is 0.533. The number of hydrogen-bond donors (Lipinski definition) is 1. The van der Waals surface area contributed by atoms with E-state index in [1.54, 1.807) is 19.2 Å². The van der Waals surface area contributed by atoms with E-state index in [0.717, 1.165) is 10.5 Å². The molecule has 2 fully saturated rings. The summed E-state index contributed by atoms with van der Waals surface area (Å²) in [5, 5.41) is 2.60. The van der Waals surface area contributed by atoms with Crippen molar-refractivity contribution < 1.29 is 18.4 Å². The van der Waals surface area contributed by atoms with Gasteiger partial charge in [-0.3, -0.25) is 14.6 Å². The minimum atomic E-state index is -3.06. The van der Waals surface area contributed by atoms with Gasteiger partial charge in [0.2, 0.25) is 5.91 Å². The van der Waals surface area contributed by atoms with Gasteiger partial charge < -0.3 is 10.2 Å². The summed E-state index contributed by atoms with van der Waals surface area (Å²) in [6, 6.07) is 1.61. The highest BCUT2D eigenvalue weighted by atomic mass is 19.3. The highest BCUT2D eigenvalue weighted by Gasteiger charge is 2.55. The van der Waals surface area contributed by atoms with Gasteiger partial charge in [-0.15, -0.1) is 0 Å². The number of rotatable bonds is 1. The molecule has 2 amide bonds. The second-order valence-electron chi connectivity index (χ2n) is 6.23. The Hall–Kier alpha value is -2.05. The zero-order chi connectivity index (χ0) is 16.0. The summed E-state index contributed by atoms with van der Waals surface area (Å²) in [6.07, 6.45) is 2.79. The first kappa shape index (κ1) is 14.9. The van der Waals surface area contributed by atoms with E-state index in [-0.39, 0.29) is 18.0 Å². The van der Waals surface area contributed by atoms with Gasteiger partial charge in [0.25, 0.3) is 11.8 Å². The molecule has 2 aliphatic heterocycles. The zero-order valence-corrected chi connectivity index (χ0v) is 12.2. The number of aryl methyl sites for hydroxylation is 1. The number of alkyl halides is 2. The van der Waals surface area contributed by atoms with Crippen LogP contribution in [0.4, 0.5) is 8.78 Å². The number of nitrogens with one attached hydrogen (secondary N) is 1. The van der Waals surface area contributed by atoms with Crippen molar-refractivity contribution >= 4 is 11.8 Å². The monoisotopic (exact) mass is 309 g/mol. The Balaban J connectivity index is 1.90. The average Bonchev–Trinajstić information content (AvgIpc) is 2.76. The van der Waals surface area contributed by atoms with Crippen molar-refractivity contribution in [2.24, 2.45) is 5.41 Å². The molecule has 2 saturated heterocycles. The molecule has 1 aromatic heterocycles. The van der Waals surface area contributed by atoms with Crippen molar-refractivity contribution in [3.8, 4) is 0 Å². The molecule has 5 nitrogen and oxygen atoms in total. The van der Waals surface area contributed by atoms with Gasteiger partial charge in [0.1, 0.15) is 0 Å². The first-order chi connectivity index (χ1) is 10.3. The molecule has 0 saturated carbocycles. The van der Waals surface area contributed by atoms with E-state index in [9.17, 15) is 18.4 Å². The number of amides is 2. The second-order valence-corrected chi connectivity index (χ2v) is 6.23. The van der Waals surface area contributed by atoms with E-state index in [0.29, 0.717) is 13.0 Å². The highest BCUT2D eigenvalue weighted by Crippen LogP contribution is 2.43. The molecule has 7 heteroatoms.